The molecule has 116 valence electrons. The predicted molar refractivity (Wildman–Crippen MR) is 85.9 cm³/mol. The number of hydrogen-bond donors (Lipinski definition) is 1. The zero-order valence-electron chi connectivity index (χ0n) is 13.5. The van der Waals surface area contributed by atoms with Crippen molar-refractivity contribution in [1.29, 1.82) is 0 Å². The van der Waals surface area contributed by atoms with Crippen LogP contribution in [0.3, 0.4) is 0 Å². The third-order valence-electron chi connectivity index (χ3n) is 4.21. The maximum Gasteiger partial charge on any atom is 0.253 e. The number of carbonyl (C=O) groups excluding carboxylic acids is 1. The first kappa shape index (κ1) is 15.8. The molecule has 0 aromatic heterocycles. The van der Waals surface area contributed by atoms with Crippen LogP contribution >= 0.6 is 0 Å². The number of anilines is 1. The van der Waals surface area contributed by atoms with Gasteiger partial charge in [0.05, 0.1) is 6.10 Å². The summed E-state index contributed by atoms with van der Waals surface area (Å²) in [5.74, 6) is 0.0384. The van der Waals surface area contributed by atoms with Gasteiger partial charge in [0, 0.05) is 38.5 Å². The molecule has 1 fully saturated rings. The highest BCUT2D eigenvalue weighted by molar-refractivity contribution is 5.95. The zero-order valence-corrected chi connectivity index (χ0v) is 13.5. The molecular formula is C17H26N2O2. The molecule has 0 heterocycles. The molecule has 1 N–H and O–H groups in total. The van der Waals surface area contributed by atoms with Crippen molar-refractivity contribution in [3.63, 3.8) is 0 Å². The molecule has 4 heteroatoms. The van der Waals surface area contributed by atoms with Gasteiger partial charge in [0.25, 0.3) is 5.91 Å². The van der Waals surface area contributed by atoms with E-state index in [-0.39, 0.29) is 5.91 Å². The van der Waals surface area contributed by atoms with E-state index in [1.54, 1.807) is 26.1 Å². The van der Waals surface area contributed by atoms with Gasteiger partial charge in [-0.05, 0) is 50.3 Å². The highest BCUT2D eigenvalue weighted by atomic mass is 16.5. The maximum absolute atomic E-state index is 12.1. The fourth-order valence-electron chi connectivity index (χ4n) is 2.88. The quantitative estimate of drug-likeness (QED) is 0.926. The van der Waals surface area contributed by atoms with Crippen LogP contribution in [0.15, 0.2) is 18.2 Å². The van der Waals surface area contributed by atoms with Crippen molar-refractivity contribution >= 4 is 11.6 Å². The topological polar surface area (TPSA) is 41.6 Å². The predicted octanol–water partition coefficient (Wildman–Crippen LogP) is 3.07. The monoisotopic (exact) mass is 290 g/mol. The van der Waals surface area contributed by atoms with Gasteiger partial charge >= 0.3 is 0 Å². The molecule has 2 unspecified atom stereocenters. The van der Waals surface area contributed by atoms with E-state index < -0.39 is 0 Å². The summed E-state index contributed by atoms with van der Waals surface area (Å²) in [6, 6.07) is 6.29. The summed E-state index contributed by atoms with van der Waals surface area (Å²) in [5, 5.41) is 3.60. The Morgan fingerprint density at radius 1 is 1.33 bits per heavy atom. The van der Waals surface area contributed by atoms with E-state index in [0.717, 1.165) is 30.5 Å². The van der Waals surface area contributed by atoms with E-state index in [0.29, 0.717) is 12.1 Å². The van der Waals surface area contributed by atoms with Crippen molar-refractivity contribution in [2.24, 2.45) is 0 Å². The lowest BCUT2D eigenvalue weighted by Gasteiger charge is -2.30. The standard InChI is InChI=1S/C17H26N2O2/c1-12-8-9-13(17(20)19(2)3)10-16(12)18-14-6-5-7-15(11-14)21-4/h8-10,14-15,18H,5-7,11H2,1-4H3. The minimum absolute atomic E-state index is 0.0384. The Bertz CT molecular complexity index is 500. The number of rotatable bonds is 4. The number of ether oxygens (including phenoxy) is 1. The number of aryl methyl sites for hydroxylation is 1. The summed E-state index contributed by atoms with van der Waals surface area (Å²) in [4.78, 5) is 13.7. The highest BCUT2D eigenvalue weighted by Crippen LogP contribution is 2.26. The van der Waals surface area contributed by atoms with Gasteiger partial charge in [-0.25, -0.2) is 0 Å². The van der Waals surface area contributed by atoms with Crippen LogP contribution in [0.2, 0.25) is 0 Å². The molecule has 0 spiro atoms. The summed E-state index contributed by atoms with van der Waals surface area (Å²) in [5.41, 5.74) is 2.96. The molecule has 0 saturated heterocycles. The zero-order chi connectivity index (χ0) is 15.4. The van der Waals surface area contributed by atoms with Crippen molar-refractivity contribution < 1.29 is 9.53 Å². The Hall–Kier alpha value is -1.55. The molecule has 2 atom stereocenters. The van der Waals surface area contributed by atoms with E-state index in [1.165, 1.54) is 12.0 Å². The number of amides is 1. The van der Waals surface area contributed by atoms with Gasteiger partial charge in [0.2, 0.25) is 0 Å². The van der Waals surface area contributed by atoms with Crippen molar-refractivity contribution in [2.75, 3.05) is 26.5 Å². The first-order valence-electron chi connectivity index (χ1n) is 7.63. The third-order valence-corrected chi connectivity index (χ3v) is 4.21. The van der Waals surface area contributed by atoms with Crippen molar-refractivity contribution in [2.45, 2.75) is 44.8 Å². The number of nitrogens with one attached hydrogen (secondary N) is 1. The molecule has 1 aliphatic rings. The highest BCUT2D eigenvalue weighted by Gasteiger charge is 2.22. The normalized spacial score (nSPS) is 21.9. The van der Waals surface area contributed by atoms with Crippen LogP contribution in [-0.4, -0.2) is 44.2 Å². The fourth-order valence-corrected chi connectivity index (χ4v) is 2.88. The summed E-state index contributed by atoms with van der Waals surface area (Å²) in [6.45, 7) is 2.07. The molecule has 1 aromatic rings. The second-order valence-corrected chi connectivity index (χ2v) is 6.09. The van der Waals surface area contributed by atoms with Crippen molar-refractivity contribution in [3.05, 3.63) is 29.3 Å². The van der Waals surface area contributed by atoms with Crippen LogP contribution in [0.4, 0.5) is 5.69 Å². The lowest BCUT2D eigenvalue weighted by molar-refractivity contribution is 0.0669. The largest absolute Gasteiger partial charge is 0.382 e. The molecule has 2 rings (SSSR count). The Kier molecular flexibility index (Phi) is 5.23. The fraction of sp³-hybridized carbons (Fsp3) is 0.588. The molecule has 0 bridgehead atoms. The molecule has 1 saturated carbocycles. The first-order valence-corrected chi connectivity index (χ1v) is 7.63. The molecule has 1 aromatic carbocycles. The number of hydrogen-bond acceptors (Lipinski definition) is 3. The minimum atomic E-state index is 0.0384. The van der Waals surface area contributed by atoms with E-state index in [4.69, 9.17) is 4.74 Å². The minimum Gasteiger partial charge on any atom is -0.382 e. The van der Waals surface area contributed by atoms with E-state index >= 15 is 0 Å². The molecule has 4 nitrogen and oxygen atoms in total. The SMILES string of the molecule is COC1CCCC(Nc2cc(C(=O)N(C)C)ccc2C)C1. The summed E-state index contributed by atoms with van der Waals surface area (Å²) < 4.78 is 5.48. The van der Waals surface area contributed by atoms with Gasteiger partial charge in [-0.15, -0.1) is 0 Å². The average molecular weight is 290 g/mol. The lowest BCUT2D eigenvalue weighted by Crippen LogP contribution is -2.31. The van der Waals surface area contributed by atoms with Gasteiger partial charge in [-0.1, -0.05) is 6.07 Å². The Morgan fingerprint density at radius 3 is 2.76 bits per heavy atom. The van der Waals surface area contributed by atoms with E-state index in [2.05, 4.69) is 12.2 Å². The number of carbonyl (C=O) groups is 1. The van der Waals surface area contributed by atoms with Gasteiger partial charge in [-0.3, -0.25) is 4.79 Å². The smallest absolute Gasteiger partial charge is 0.253 e. The number of benzene rings is 1. The number of methoxy groups -OCH3 is 1. The van der Waals surface area contributed by atoms with Crippen LogP contribution in [0.5, 0.6) is 0 Å². The number of nitrogens with zero attached hydrogens (tertiary/aromatic N) is 1. The van der Waals surface area contributed by atoms with E-state index in [9.17, 15) is 4.79 Å². The molecule has 1 amide bonds. The second-order valence-electron chi connectivity index (χ2n) is 6.09. The van der Waals surface area contributed by atoms with Gasteiger partial charge in [0.1, 0.15) is 0 Å². The van der Waals surface area contributed by atoms with Gasteiger partial charge in [-0.2, -0.15) is 0 Å². The molecule has 1 aliphatic carbocycles. The van der Waals surface area contributed by atoms with Crippen LogP contribution < -0.4 is 5.32 Å². The van der Waals surface area contributed by atoms with Crippen LogP contribution in [-0.2, 0) is 4.74 Å². The van der Waals surface area contributed by atoms with Gasteiger partial charge in [0.15, 0.2) is 0 Å². The summed E-state index contributed by atoms with van der Waals surface area (Å²) >= 11 is 0. The molecular weight excluding hydrogens is 264 g/mol. The van der Waals surface area contributed by atoms with Crippen LogP contribution in [0, 0.1) is 6.92 Å². The Balaban J connectivity index is 2.12. The van der Waals surface area contributed by atoms with Gasteiger partial charge < -0.3 is 15.0 Å². The second kappa shape index (κ2) is 6.94. The Labute approximate surface area is 127 Å². The van der Waals surface area contributed by atoms with E-state index in [1.807, 2.05) is 18.2 Å². The molecule has 21 heavy (non-hydrogen) atoms. The van der Waals surface area contributed by atoms with Crippen LogP contribution in [0.1, 0.15) is 41.6 Å². The first-order chi connectivity index (χ1) is 10.0. The van der Waals surface area contributed by atoms with Crippen LogP contribution in [0.25, 0.3) is 0 Å². The molecule has 0 radical (unpaired) electrons. The molecule has 0 aliphatic heterocycles. The summed E-state index contributed by atoms with van der Waals surface area (Å²) in [7, 11) is 5.34. The average Bonchev–Trinajstić information content (AvgIpc) is 2.49. The third kappa shape index (κ3) is 3.97. The van der Waals surface area contributed by atoms with Crippen molar-refractivity contribution in [3.8, 4) is 0 Å². The summed E-state index contributed by atoms with van der Waals surface area (Å²) in [6.07, 6.45) is 4.87. The Morgan fingerprint density at radius 2 is 2.10 bits per heavy atom. The van der Waals surface area contributed by atoms with Crippen molar-refractivity contribution in [1.82, 2.24) is 4.90 Å². The maximum atomic E-state index is 12.1. The lowest BCUT2D eigenvalue weighted by atomic mass is 9.92.